The summed E-state index contributed by atoms with van der Waals surface area (Å²) in [6.45, 7) is 0. The molecule has 0 radical (unpaired) electrons. The van der Waals surface area contributed by atoms with Crippen molar-refractivity contribution in [3.63, 3.8) is 0 Å². The first-order valence-corrected chi connectivity index (χ1v) is 6.24. The summed E-state index contributed by atoms with van der Waals surface area (Å²) in [5.74, 6) is -1.72. The van der Waals surface area contributed by atoms with Gasteiger partial charge in [-0.1, -0.05) is 18.2 Å². The Morgan fingerprint density at radius 2 is 2.05 bits per heavy atom. The highest BCUT2D eigenvalue weighted by Crippen LogP contribution is 2.28. The minimum atomic E-state index is -1.03. The molecule has 1 aliphatic heterocycles. The first kappa shape index (κ1) is 12.4. The van der Waals surface area contributed by atoms with Crippen LogP contribution in [0.15, 0.2) is 30.5 Å². The maximum atomic E-state index is 11.9. The first-order valence-electron chi connectivity index (χ1n) is 6.24. The van der Waals surface area contributed by atoms with Gasteiger partial charge in [-0.2, -0.15) is 0 Å². The molecule has 2 aromatic rings. The molecule has 3 rings (SSSR count). The molecular weight excluding hydrogens is 260 g/mol. The molecule has 1 aromatic carbocycles. The average molecular weight is 272 g/mol. The Balaban J connectivity index is 2.14. The van der Waals surface area contributed by atoms with Gasteiger partial charge in [0, 0.05) is 23.5 Å². The normalized spacial score (nSPS) is 19.1. The summed E-state index contributed by atoms with van der Waals surface area (Å²) in [4.78, 5) is 34.4. The molecule has 0 aliphatic carbocycles. The van der Waals surface area contributed by atoms with Crippen molar-refractivity contribution in [3.05, 3.63) is 36.0 Å². The second kappa shape index (κ2) is 4.48. The third-order valence-electron chi connectivity index (χ3n) is 3.52. The van der Waals surface area contributed by atoms with Crippen molar-refractivity contribution in [2.75, 3.05) is 0 Å². The van der Waals surface area contributed by atoms with Crippen LogP contribution in [0.25, 0.3) is 10.9 Å². The van der Waals surface area contributed by atoms with Crippen LogP contribution >= 0.6 is 0 Å². The van der Waals surface area contributed by atoms with E-state index in [9.17, 15) is 19.5 Å². The SMILES string of the molecule is O=C1CCC(n2cc(C(=O)O)c3ccccc32)C(=O)N1. The molecule has 1 aliphatic rings. The van der Waals surface area contributed by atoms with Crippen molar-refractivity contribution < 1.29 is 19.5 Å². The Morgan fingerprint density at radius 1 is 1.30 bits per heavy atom. The number of nitrogens with zero attached hydrogens (tertiary/aromatic N) is 1. The van der Waals surface area contributed by atoms with Crippen LogP contribution < -0.4 is 5.32 Å². The highest BCUT2D eigenvalue weighted by atomic mass is 16.4. The Morgan fingerprint density at radius 3 is 2.75 bits per heavy atom. The molecule has 2 amide bonds. The van der Waals surface area contributed by atoms with Gasteiger partial charge in [0.2, 0.25) is 11.8 Å². The summed E-state index contributed by atoms with van der Waals surface area (Å²) < 4.78 is 1.64. The Bertz CT molecular complexity index is 732. The van der Waals surface area contributed by atoms with Crippen molar-refractivity contribution in [1.82, 2.24) is 9.88 Å². The molecule has 2 N–H and O–H groups in total. The molecule has 1 aromatic heterocycles. The van der Waals surface area contributed by atoms with Crippen LogP contribution in [0, 0.1) is 0 Å². The van der Waals surface area contributed by atoms with Gasteiger partial charge < -0.3 is 9.67 Å². The van der Waals surface area contributed by atoms with Gasteiger partial charge in [0.25, 0.3) is 0 Å². The number of amides is 2. The first-order chi connectivity index (χ1) is 9.58. The van der Waals surface area contributed by atoms with Crippen LogP contribution in [0.1, 0.15) is 29.2 Å². The molecule has 0 bridgehead atoms. The van der Waals surface area contributed by atoms with E-state index in [0.717, 1.165) is 0 Å². The number of hydrogen-bond donors (Lipinski definition) is 2. The predicted molar refractivity (Wildman–Crippen MR) is 70.3 cm³/mol. The number of imide groups is 1. The molecule has 6 heteroatoms. The zero-order valence-corrected chi connectivity index (χ0v) is 10.5. The van der Waals surface area contributed by atoms with Gasteiger partial charge in [-0.3, -0.25) is 14.9 Å². The highest BCUT2D eigenvalue weighted by Gasteiger charge is 2.29. The average Bonchev–Trinajstić information content (AvgIpc) is 2.78. The van der Waals surface area contributed by atoms with Crippen LogP contribution in [0.3, 0.4) is 0 Å². The fraction of sp³-hybridized carbons (Fsp3) is 0.214. The predicted octanol–water partition coefficient (Wildman–Crippen LogP) is 1.32. The molecule has 1 unspecified atom stereocenters. The molecular formula is C14H12N2O4. The second-order valence-corrected chi connectivity index (χ2v) is 4.74. The number of carbonyl (C=O) groups excluding carboxylic acids is 2. The molecule has 0 saturated carbocycles. The summed E-state index contributed by atoms with van der Waals surface area (Å²) in [5, 5.41) is 12.1. The number of aromatic nitrogens is 1. The molecule has 0 spiro atoms. The van der Waals surface area contributed by atoms with E-state index in [-0.39, 0.29) is 23.8 Å². The number of fused-ring (bicyclic) bond motifs is 1. The molecule has 102 valence electrons. The van der Waals surface area contributed by atoms with Crippen LogP contribution in [0.2, 0.25) is 0 Å². The van der Waals surface area contributed by atoms with Gasteiger partial charge in [-0.25, -0.2) is 4.79 Å². The highest BCUT2D eigenvalue weighted by molar-refractivity contribution is 6.05. The summed E-state index contributed by atoms with van der Waals surface area (Å²) in [6, 6.07) is 6.47. The van der Waals surface area contributed by atoms with Gasteiger partial charge in [0.1, 0.15) is 6.04 Å². The van der Waals surface area contributed by atoms with Crippen molar-refractivity contribution in [1.29, 1.82) is 0 Å². The number of rotatable bonds is 2. The summed E-state index contributed by atoms with van der Waals surface area (Å²) in [6.07, 6.45) is 2.10. The van der Waals surface area contributed by atoms with E-state index in [2.05, 4.69) is 5.32 Å². The number of carboxylic acids is 1. The molecule has 6 nitrogen and oxygen atoms in total. The van der Waals surface area contributed by atoms with E-state index >= 15 is 0 Å². The smallest absolute Gasteiger partial charge is 0.337 e. The van der Waals surface area contributed by atoms with Gasteiger partial charge in [-0.05, 0) is 12.5 Å². The van der Waals surface area contributed by atoms with Gasteiger partial charge in [0.05, 0.1) is 5.56 Å². The summed E-state index contributed by atoms with van der Waals surface area (Å²) >= 11 is 0. The van der Waals surface area contributed by atoms with Gasteiger partial charge in [-0.15, -0.1) is 0 Å². The third-order valence-corrected chi connectivity index (χ3v) is 3.52. The third kappa shape index (κ3) is 1.85. The van der Waals surface area contributed by atoms with E-state index in [4.69, 9.17) is 0 Å². The number of hydrogen-bond acceptors (Lipinski definition) is 3. The number of benzene rings is 1. The Kier molecular flexibility index (Phi) is 2.78. The lowest BCUT2D eigenvalue weighted by Crippen LogP contribution is -2.41. The van der Waals surface area contributed by atoms with E-state index in [0.29, 0.717) is 17.3 Å². The van der Waals surface area contributed by atoms with Gasteiger partial charge in [0.15, 0.2) is 0 Å². The second-order valence-electron chi connectivity index (χ2n) is 4.74. The standard InChI is InChI=1S/C14H12N2O4/c17-12-6-5-11(13(18)15-12)16-7-9(14(19)20)8-3-1-2-4-10(8)16/h1-4,7,11H,5-6H2,(H,19,20)(H,15,17,18). The van der Waals surface area contributed by atoms with E-state index < -0.39 is 12.0 Å². The molecule has 1 saturated heterocycles. The number of carboxylic acid groups (broad SMARTS) is 1. The number of aromatic carboxylic acids is 1. The van der Waals surface area contributed by atoms with Crippen LogP contribution in [0.5, 0.6) is 0 Å². The summed E-state index contributed by atoms with van der Waals surface area (Å²) in [7, 11) is 0. The maximum Gasteiger partial charge on any atom is 0.337 e. The fourth-order valence-electron chi connectivity index (χ4n) is 2.58. The number of nitrogens with one attached hydrogen (secondary N) is 1. The lowest BCUT2D eigenvalue weighted by atomic mass is 10.1. The van der Waals surface area contributed by atoms with Gasteiger partial charge >= 0.3 is 5.97 Å². The Labute approximate surface area is 114 Å². The summed E-state index contributed by atoms with van der Waals surface area (Å²) in [5.41, 5.74) is 0.838. The molecule has 20 heavy (non-hydrogen) atoms. The Hall–Kier alpha value is -2.63. The van der Waals surface area contributed by atoms with E-state index in [1.165, 1.54) is 6.20 Å². The van der Waals surface area contributed by atoms with E-state index in [1.54, 1.807) is 28.8 Å². The number of carbonyl (C=O) groups is 3. The van der Waals surface area contributed by atoms with Crippen molar-refractivity contribution >= 4 is 28.7 Å². The quantitative estimate of drug-likeness (QED) is 0.807. The minimum Gasteiger partial charge on any atom is -0.478 e. The topological polar surface area (TPSA) is 88.4 Å². The monoisotopic (exact) mass is 272 g/mol. The largest absolute Gasteiger partial charge is 0.478 e. The molecule has 1 fully saturated rings. The zero-order chi connectivity index (χ0) is 14.3. The zero-order valence-electron chi connectivity index (χ0n) is 10.5. The number of piperidine rings is 1. The minimum absolute atomic E-state index is 0.158. The maximum absolute atomic E-state index is 11.9. The molecule has 1 atom stereocenters. The lowest BCUT2D eigenvalue weighted by Gasteiger charge is -2.23. The van der Waals surface area contributed by atoms with Crippen LogP contribution in [0.4, 0.5) is 0 Å². The lowest BCUT2D eigenvalue weighted by molar-refractivity contribution is -0.135. The molecule has 2 heterocycles. The number of para-hydroxylation sites is 1. The van der Waals surface area contributed by atoms with Crippen molar-refractivity contribution in [2.24, 2.45) is 0 Å². The van der Waals surface area contributed by atoms with E-state index in [1.807, 2.05) is 0 Å². The van der Waals surface area contributed by atoms with Crippen LogP contribution in [-0.2, 0) is 9.59 Å². The van der Waals surface area contributed by atoms with Crippen molar-refractivity contribution in [2.45, 2.75) is 18.9 Å². The van der Waals surface area contributed by atoms with Crippen LogP contribution in [-0.4, -0.2) is 27.5 Å². The van der Waals surface area contributed by atoms with Crippen molar-refractivity contribution in [3.8, 4) is 0 Å². The fourth-order valence-corrected chi connectivity index (χ4v) is 2.58.